The van der Waals surface area contributed by atoms with E-state index in [4.69, 9.17) is 0 Å². The van der Waals surface area contributed by atoms with E-state index in [9.17, 15) is 37.8 Å². The number of hydrogen-bond acceptors (Lipinski definition) is 6. The van der Waals surface area contributed by atoms with Gasteiger partial charge in [-0.05, 0) is 57.5 Å². The number of rotatable bonds is 8. The van der Waals surface area contributed by atoms with E-state index in [2.05, 4.69) is 33.0 Å². The molecule has 8 nitrogen and oxygen atoms in total. The Morgan fingerprint density at radius 1 is 1.11 bits per heavy atom. The SMILES string of the molecule is CC[N+](CC)(CC)CC.O=C([O-])C1=C(CO)CS[C@@H]2C(NC(=O)c3ccc(C(F)(F)F)cc3)C(=O)N12. The number of carboxylic acids is 1. The van der Waals surface area contributed by atoms with Crippen LogP contribution in [0.1, 0.15) is 43.6 Å². The molecule has 2 atom stereocenters. The largest absolute Gasteiger partial charge is 0.543 e. The molecule has 2 aliphatic heterocycles. The second kappa shape index (κ2) is 12.1. The third-order valence-corrected chi connectivity index (χ3v) is 8.22. The highest BCUT2D eigenvalue weighted by atomic mass is 32.2. The lowest BCUT2D eigenvalue weighted by Gasteiger charge is -2.50. The van der Waals surface area contributed by atoms with Gasteiger partial charge in [-0.25, -0.2) is 0 Å². The predicted molar refractivity (Wildman–Crippen MR) is 127 cm³/mol. The minimum Gasteiger partial charge on any atom is -0.543 e. The van der Waals surface area contributed by atoms with Gasteiger partial charge in [-0.3, -0.25) is 14.5 Å². The Bertz CT molecular complexity index is 976. The molecule has 1 fully saturated rings. The van der Waals surface area contributed by atoms with E-state index in [0.717, 1.165) is 40.9 Å². The monoisotopic (exact) mass is 531 g/mol. The van der Waals surface area contributed by atoms with Crippen molar-refractivity contribution >= 4 is 29.5 Å². The first-order valence-electron chi connectivity index (χ1n) is 11.7. The lowest BCUT2D eigenvalue weighted by Crippen LogP contribution is -2.71. The summed E-state index contributed by atoms with van der Waals surface area (Å²) < 4.78 is 39.0. The maximum Gasteiger partial charge on any atom is 0.416 e. The molecule has 200 valence electrons. The molecule has 0 aliphatic carbocycles. The summed E-state index contributed by atoms with van der Waals surface area (Å²) in [5.41, 5.74) is -1.25. The molecular formula is C24H32F3N3O5S. The van der Waals surface area contributed by atoms with Crippen LogP contribution in [0.5, 0.6) is 0 Å². The van der Waals surface area contributed by atoms with Crippen LogP contribution in [0.25, 0.3) is 0 Å². The second-order valence-electron chi connectivity index (χ2n) is 8.44. The minimum absolute atomic E-state index is 0.0678. The summed E-state index contributed by atoms with van der Waals surface area (Å²) in [5, 5.41) is 22.2. The van der Waals surface area contributed by atoms with E-state index >= 15 is 0 Å². The van der Waals surface area contributed by atoms with E-state index in [-0.39, 0.29) is 16.9 Å². The van der Waals surface area contributed by atoms with Crippen molar-refractivity contribution in [1.29, 1.82) is 0 Å². The summed E-state index contributed by atoms with van der Waals surface area (Å²) in [6.07, 6.45) is -4.53. The molecule has 36 heavy (non-hydrogen) atoms. The second-order valence-corrected chi connectivity index (χ2v) is 9.55. The van der Waals surface area contributed by atoms with Gasteiger partial charge < -0.3 is 24.8 Å². The highest BCUT2D eigenvalue weighted by Crippen LogP contribution is 2.40. The quantitative estimate of drug-likeness (QED) is 0.390. The maximum atomic E-state index is 12.6. The van der Waals surface area contributed by atoms with Crippen LogP contribution in [-0.4, -0.2) is 82.2 Å². The van der Waals surface area contributed by atoms with Gasteiger partial charge in [0, 0.05) is 11.3 Å². The molecule has 0 aromatic heterocycles. The molecule has 1 aromatic carbocycles. The molecule has 3 rings (SSSR count). The number of carbonyl (C=O) groups is 3. The Labute approximate surface area is 212 Å². The molecule has 0 bridgehead atoms. The molecule has 2 aliphatic rings. The Hall–Kier alpha value is -2.57. The average Bonchev–Trinajstić information content (AvgIpc) is 2.87. The average molecular weight is 532 g/mol. The number of aliphatic carboxylic acids is 1. The maximum absolute atomic E-state index is 12.6. The van der Waals surface area contributed by atoms with Gasteiger partial charge in [-0.15, -0.1) is 11.8 Å². The number of quaternary nitrogens is 1. The van der Waals surface area contributed by atoms with Crippen LogP contribution < -0.4 is 10.4 Å². The van der Waals surface area contributed by atoms with Crippen molar-refractivity contribution in [2.45, 2.75) is 45.3 Å². The van der Waals surface area contributed by atoms with Gasteiger partial charge in [-0.2, -0.15) is 13.2 Å². The molecule has 2 amide bonds. The number of benzene rings is 1. The number of halogens is 3. The number of nitrogens with one attached hydrogen (secondary N) is 1. The van der Waals surface area contributed by atoms with Crippen molar-refractivity contribution in [1.82, 2.24) is 10.2 Å². The molecule has 1 aromatic rings. The lowest BCUT2D eigenvalue weighted by molar-refractivity contribution is -0.921. The van der Waals surface area contributed by atoms with Crippen LogP contribution in [0.3, 0.4) is 0 Å². The molecule has 0 spiro atoms. The fraction of sp³-hybridized carbons (Fsp3) is 0.542. The summed E-state index contributed by atoms with van der Waals surface area (Å²) in [4.78, 5) is 36.7. The highest BCUT2D eigenvalue weighted by molar-refractivity contribution is 8.00. The fourth-order valence-electron chi connectivity index (χ4n) is 4.17. The minimum atomic E-state index is -4.53. The molecular weight excluding hydrogens is 499 g/mol. The number of aliphatic hydroxyl groups is 1. The van der Waals surface area contributed by atoms with Crippen LogP contribution in [0.2, 0.25) is 0 Å². The topological polar surface area (TPSA) is 110 Å². The van der Waals surface area contributed by atoms with E-state index < -0.39 is 53.2 Å². The number of fused-ring (bicyclic) bond motifs is 1. The van der Waals surface area contributed by atoms with Crippen molar-refractivity contribution in [3.63, 3.8) is 0 Å². The van der Waals surface area contributed by atoms with Crippen LogP contribution in [0, 0.1) is 0 Å². The molecule has 2 heterocycles. The highest BCUT2D eigenvalue weighted by Gasteiger charge is 2.52. The van der Waals surface area contributed by atoms with Gasteiger partial charge in [0.15, 0.2) is 0 Å². The molecule has 0 saturated carbocycles. The van der Waals surface area contributed by atoms with Crippen LogP contribution in [0.15, 0.2) is 35.5 Å². The van der Waals surface area contributed by atoms with E-state index in [0.29, 0.717) is 0 Å². The van der Waals surface area contributed by atoms with Gasteiger partial charge >= 0.3 is 6.18 Å². The first kappa shape index (κ1) is 29.7. The van der Waals surface area contributed by atoms with E-state index in [1.807, 2.05) is 0 Å². The van der Waals surface area contributed by atoms with Gasteiger partial charge in [0.2, 0.25) is 0 Å². The van der Waals surface area contributed by atoms with Crippen molar-refractivity contribution < 1.29 is 42.3 Å². The summed E-state index contributed by atoms with van der Waals surface area (Å²) in [5.74, 6) is -2.92. The van der Waals surface area contributed by atoms with Crippen LogP contribution >= 0.6 is 11.8 Å². The number of β-lactam (4-membered cyclic amide) rings is 1. The zero-order valence-electron chi connectivity index (χ0n) is 20.7. The number of alkyl halides is 3. The summed E-state index contributed by atoms with van der Waals surface area (Å²) in [6.45, 7) is 13.7. The van der Waals surface area contributed by atoms with Gasteiger partial charge in [0.05, 0.1) is 50.0 Å². The third-order valence-electron chi connectivity index (χ3n) is 6.88. The normalized spacial score (nSPS) is 19.7. The molecule has 1 saturated heterocycles. The smallest absolute Gasteiger partial charge is 0.416 e. The van der Waals surface area contributed by atoms with E-state index in [1.165, 1.54) is 30.7 Å². The number of thioether (sulfide) groups is 1. The van der Waals surface area contributed by atoms with Crippen LogP contribution in [-0.2, 0) is 15.8 Å². The van der Waals surface area contributed by atoms with Gasteiger partial charge in [0.1, 0.15) is 11.4 Å². The number of carboxylic acid groups (broad SMARTS) is 1. The molecule has 0 radical (unpaired) electrons. The molecule has 1 unspecified atom stereocenters. The lowest BCUT2D eigenvalue weighted by atomic mass is 10.0. The molecule has 2 N–H and O–H groups in total. The van der Waals surface area contributed by atoms with E-state index in [1.54, 1.807) is 0 Å². The zero-order chi connectivity index (χ0) is 27.3. The first-order valence-corrected chi connectivity index (χ1v) is 12.8. The summed E-state index contributed by atoms with van der Waals surface area (Å²) in [6, 6.07) is 2.46. The number of hydrogen-bond donors (Lipinski definition) is 2. The standard InChI is InChI=1S/C16H13F3N2O5S.C8H20N/c17-16(18,19)9-3-1-7(2-4-9)12(23)20-10-13(24)21-11(15(25)26)8(5-22)6-27-14(10)21;1-5-9(6-2,7-3)8-4/h1-4,10,14,22H,5-6H2,(H,20,23)(H,25,26);5-8H2,1-4H3/q;+1/p-1/t10?,14-;/m1./s1. The summed E-state index contributed by atoms with van der Waals surface area (Å²) >= 11 is 1.15. The van der Waals surface area contributed by atoms with Crippen LogP contribution in [0.4, 0.5) is 13.2 Å². The van der Waals surface area contributed by atoms with Gasteiger partial charge in [-0.1, -0.05) is 0 Å². The predicted octanol–water partition coefficient (Wildman–Crippen LogP) is 1.60. The first-order chi connectivity index (χ1) is 16.9. The fourth-order valence-corrected chi connectivity index (χ4v) is 5.51. The van der Waals surface area contributed by atoms with Gasteiger partial charge in [0.25, 0.3) is 11.8 Å². The number of nitrogens with zero attached hydrogens (tertiary/aromatic N) is 2. The Kier molecular flexibility index (Phi) is 9.98. The summed E-state index contributed by atoms with van der Waals surface area (Å²) in [7, 11) is 0. The number of amides is 2. The Morgan fingerprint density at radius 3 is 2.03 bits per heavy atom. The van der Waals surface area contributed by atoms with Crippen molar-refractivity contribution in [3.8, 4) is 0 Å². The zero-order valence-corrected chi connectivity index (χ0v) is 21.5. The van der Waals surface area contributed by atoms with Crippen molar-refractivity contribution in [2.75, 3.05) is 38.5 Å². The Balaban J connectivity index is 0.000000434. The Morgan fingerprint density at radius 2 is 1.64 bits per heavy atom. The van der Waals surface area contributed by atoms with Crippen molar-refractivity contribution in [3.05, 3.63) is 46.7 Å². The molecule has 12 heteroatoms. The number of aliphatic hydroxyl groups excluding tert-OH is 1. The third kappa shape index (κ3) is 6.22. The van der Waals surface area contributed by atoms with Crippen molar-refractivity contribution in [2.24, 2.45) is 0 Å². The number of carbonyl (C=O) groups excluding carboxylic acids is 3.